The number of benzene rings is 1. The summed E-state index contributed by atoms with van der Waals surface area (Å²) in [7, 11) is 1.68. The maximum Gasteiger partial charge on any atom is 0.253 e. The summed E-state index contributed by atoms with van der Waals surface area (Å²) in [5.74, 6) is 0. The zero-order valence-corrected chi connectivity index (χ0v) is 18.3. The maximum absolute atomic E-state index is 12.7. The van der Waals surface area contributed by atoms with E-state index >= 15 is 0 Å². The molecular weight excluding hydrogens is 396 g/mol. The predicted octanol–water partition coefficient (Wildman–Crippen LogP) is 3.40. The normalized spacial score (nSPS) is 10.9. The Morgan fingerprint density at radius 3 is 2.83 bits per heavy atom. The molecule has 0 bridgehead atoms. The largest absolute Gasteiger partial charge is 0.385 e. The predicted molar refractivity (Wildman–Crippen MR) is 125 cm³/mol. The van der Waals surface area contributed by atoms with E-state index in [0.717, 1.165) is 29.3 Å². The molecule has 3 rings (SSSR count). The Morgan fingerprint density at radius 1 is 1.23 bits per heavy atom. The third kappa shape index (κ3) is 5.87. The van der Waals surface area contributed by atoms with Crippen LogP contribution in [0, 0.1) is 0 Å². The highest BCUT2D eigenvalue weighted by Crippen LogP contribution is 2.16. The standard InChI is InChI=1S/C23H28N4O2S/c1-3-17-7-8-21-19(12-17)13-20(22(28)26-21)16-27(15-18-6-4-9-24-14-18)23(30)25-10-5-11-29-2/h4,6-9,12-14H,3,5,10-11,15-16H2,1-2H3,(H,25,30)(H,26,28). The third-order valence-corrected chi connectivity index (χ3v) is 5.34. The van der Waals surface area contributed by atoms with E-state index in [0.29, 0.717) is 36.9 Å². The third-order valence-electron chi connectivity index (χ3n) is 4.94. The number of aromatic amines is 1. The van der Waals surface area contributed by atoms with Gasteiger partial charge in [0.2, 0.25) is 0 Å². The Morgan fingerprint density at radius 2 is 2.10 bits per heavy atom. The first-order valence-electron chi connectivity index (χ1n) is 10.2. The molecule has 0 aliphatic rings. The lowest BCUT2D eigenvalue weighted by Gasteiger charge is -2.26. The van der Waals surface area contributed by atoms with E-state index in [-0.39, 0.29) is 5.56 Å². The second kappa shape index (κ2) is 10.8. The van der Waals surface area contributed by atoms with E-state index < -0.39 is 0 Å². The number of hydrogen-bond acceptors (Lipinski definition) is 4. The molecule has 6 nitrogen and oxygen atoms in total. The molecule has 0 saturated heterocycles. The molecule has 0 spiro atoms. The summed E-state index contributed by atoms with van der Waals surface area (Å²) in [4.78, 5) is 21.9. The quantitative estimate of drug-likeness (QED) is 0.405. The van der Waals surface area contributed by atoms with Gasteiger partial charge in [0, 0.05) is 50.3 Å². The summed E-state index contributed by atoms with van der Waals surface area (Å²) >= 11 is 5.64. The monoisotopic (exact) mass is 424 g/mol. The van der Waals surface area contributed by atoms with Crippen molar-refractivity contribution in [2.75, 3.05) is 20.3 Å². The highest BCUT2D eigenvalue weighted by molar-refractivity contribution is 7.80. The first-order chi connectivity index (χ1) is 14.6. The second-order valence-electron chi connectivity index (χ2n) is 7.19. The molecule has 30 heavy (non-hydrogen) atoms. The van der Waals surface area contributed by atoms with Crippen molar-refractivity contribution in [2.45, 2.75) is 32.9 Å². The van der Waals surface area contributed by atoms with E-state index in [9.17, 15) is 4.79 Å². The van der Waals surface area contributed by atoms with Crippen LogP contribution in [0.1, 0.15) is 30.0 Å². The van der Waals surface area contributed by atoms with Crippen molar-refractivity contribution in [3.8, 4) is 0 Å². The molecule has 0 unspecified atom stereocenters. The summed E-state index contributed by atoms with van der Waals surface area (Å²) < 4.78 is 5.10. The number of hydrogen-bond donors (Lipinski definition) is 2. The molecular formula is C23H28N4O2S. The number of thiocarbonyl (C=S) groups is 1. The number of pyridine rings is 2. The van der Waals surface area contributed by atoms with Crippen LogP contribution in [-0.2, 0) is 24.2 Å². The Balaban J connectivity index is 1.84. The number of fused-ring (bicyclic) bond motifs is 1. The Hall–Kier alpha value is -2.77. The summed E-state index contributed by atoms with van der Waals surface area (Å²) in [6, 6.07) is 12.0. The Labute approximate surface area is 182 Å². The van der Waals surface area contributed by atoms with Crippen LogP contribution in [0.2, 0.25) is 0 Å². The maximum atomic E-state index is 12.7. The molecule has 1 aromatic carbocycles. The van der Waals surface area contributed by atoms with Gasteiger partial charge in [0.25, 0.3) is 5.56 Å². The van der Waals surface area contributed by atoms with Gasteiger partial charge in [-0.1, -0.05) is 19.1 Å². The number of aryl methyl sites for hydroxylation is 1. The van der Waals surface area contributed by atoms with Crippen LogP contribution in [0.5, 0.6) is 0 Å². The van der Waals surface area contributed by atoms with Crippen molar-refractivity contribution in [3.63, 3.8) is 0 Å². The number of rotatable bonds is 9. The summed E-state index contributed by atoms with van der Waals surface area (Å²) in [5, 5.41) is 4.92. The zero-order valence-electron chi connectivity index (χ0n) is 17.5. The highest BCUT2D eigenvalue weighted by atomic mass is 32.1. The fourth-order valence-corrected chi connectivity index (χ4v) is 3.51. The van der Waals surface area contributed by atoms with E-state index in [4.69, 9.17) is 17.0 Å². The minimum absolute atomic E-state index is 0.0925. The first-order valence-corrected chi connectivity index (χ1v) is 10.6. The van der Waals surface area contributed by atoms with Gasteiger partial charge in [-0.25, -0.2) is 0 Å². The summed E-state index contributed by atoms with van der Waals surface area (Å²) in [6.45, 7) is 4.48. The second-order valence-corrected chi connectivity index (χ2v) is 7.58. The Bertz CT molecular complexity index is 1040. The molecule has 158 valence electrons. The van der Waals surface area contributed by atoms with Gasteiger partial charge in [-0.3, -0.25) is 9.78 Å². The van der Waals surface area contributed by atoms with Gasteiger partial charge >= 0.3 is 0 Å². The van der Waals surface area contributed by atoms with E-state index in [1.54, 1.807) is 13.3 Å². The molecule has 0 saturated carbocycles. The van der Waals surface area contributed by atoms with Crippen molar-refractivity contribution in [1.29, 1.82) is 0 Å². The minimum atomic E-state index is -0.0925. The molecule has 0 aliphatic carbocycles. The lowest BCUT2D eigenvalue weighted by atomic mass is 10.1. The molecule has 0 radical (unpaired) electrons. The van der Waals surface area contributed by atoms with Crippen molar-refractivity contribution in [3.05, 3.63) is 75.8 Å². The number of nitrogens with zero attached hydrogens (tertiary/aromatic N) is 2. The van der Waals surface area contributed by atoms with Crippen molar-refractivity contribution in [1.82, 2.24) is 20.2 Å². The van der Waals surface area contributed by atoms with Crippen LogP contribution in [0.4, 0.5) is 0 Å². The van der Waals surface area contributed by atoms with E-state index in [1.807, 2.05) is 41.4 Å². The molecule has 0 atom stereocenters. The first kappa shape index (κ1) is 21.9. The average molecular weight is 425 g/mol. The van der Waals surface area contributed by atoms with Gasteiger partial charge in [0.15, 0.2) is 5.11 Å². The number of aromatic nitrogens is 2. The van der Waals surface area contributed by atoms with Gasteiger partial charge in [-0.15, -0.1) is 0 Å². The van der Waals surface area contributed by atoms with Crippen molar-refractivity contribution < 1.29 is 4.74 Å². The lowest BCUT2D eigenvalue weighted by Crippen LogP contribution is -2.40. The van der Waals surface area contributed by atoms with Gasteiger partial charge in [0.05, 0.1) is 6.54 Å². The fraction of sp³-hybridized carbons (Fsp3) is 0.348. The number of methoxy groups -OCH3 is 1. The smallest absolute Gasteiger partial charge is 0.253 e. The van der Waals surface area contributed by atoms with Crippen LogP contribution < -0.4 is 10.9 Å². The number of H-pyrrole nitrogens is 1. The molecule has 7 heteroatoms. The summed E-state index contributed by atoms with van der Waals surface area (Å²) in [6.07, 6.45) is 5.37. The van der Waals surface area contributed by atoms with Crippen LogP contribution in [0.25, 0.3) is 10.9 Å². The molecule has 2 N–H and O–H groups in total. The Kier molecular flexibility index (Phi) is 7.93. The number of ether oxygens (including phenoxy) is 1. The highest BCUT2D eigenvalue weighted by Gasteiger charge is 2.14. The van der Waals surface area contributed by atoms with Crippen LogP contribution in [0.15, 0.2) is 53.6 Å². The van der Waals surface area contributed by atoms with Crippen LogP contribution >= 0.6 is 12.2 Å². The lowest BCUT2D eigenvalue weighted by molar-refractivity contribution is 0.195. The minimum Gasteiger partial charge on any atom is -0.385 e. The van der Waals surface area contributed by atoms with Crippen molar-refractivity contribution >= 4 is 28.2 Å². The van der Waals surface area contributed by atoms with Gasteiger partial charge in [-0.05, 0) is 65.8 Å². The van der Waals surface area contributed by atoms with E-state index in [1.165, 1.54) is 5.56 Å². The molecule has 0 amide bonds. The van der Waals surface area contributed by atoms with Crippen LogP contribution in [0.3, 0.4) is 0 Å². The molecule has 2 aromatic heterocycles. The summed E-state index contributed by atoms with van der Waals surface area (Å²) in [5.41, 5.74) is 3.71. The number of nitrogens with one attached hydrogen (secondary N) is 2. The van der Waals surface area contributed by atoms with Gasteiger partial charge in [0.1, 0.15) is 0 Å². The molecule has 0 aliphatic heterocycles. The zero-order chi connectivity index (χ0) is 21.3. The molecule has 3 aromatic rings. The molecule has 0 fully saturated rings. The van der Waals surface area contributed by atoms with Crippen molar-refractivity contribution in [2.24, 2.45) is 0 Å². The van der Waals surface area contributed by atoms with Crippen LogP contribution in [-0.4, -0.2) is 40.2 Å². The SMILES string of the molecule is CCc1ccc2[nH]c(=O)c(CN(Cc3cccnc3)C(=S)NCCCOC)cc2c1. The topological polar surface area (TPSA) is 70.2 Å². The average Bonchev–Trinajstić information content (AvgIpc) is 2.77. The van der Waals surface area contributed by atoms with E-state index in [2.05, 4.69) is 28.3 Å². The van der Waals surface area contributed by atoms with Gasteiger partial charge < -0.3 is 19.9 Å². The fourth-order valence-electron chi connectivity index (χ4n) is 3.28. The van der Waals surface area contributed by atoms with Gasteiger partial charge in [-0.2, -0.15) is 0 Å². The molecule has 2 heterocycles.